The van der Waals surface area contributed by atoms with Crippen molar-refractivity contribution < 1.29 is 18.3 Å². The smallest absolute Gasteiger partial charge is 0.336 e. The summed E-state index contributed by atoms with van der Waals surface area (Å²) >= 11 is 0. The third kappa shape index (κ3) is 6.07. The lowest BCUT2D eigenvalue weighted by Crippen LogP contribution is -2.55. The number of nitrogens with zero attached hydrogens (tertiary/aromatic N) is 1. The molecule has 2 aromatic rings. The zero-order valence-corrected chi connectivity index (χ0v) is 24.6. The fraction of sp³-hybridized carbons (Fsp3) is 0.485. The van der Waals surface area contributed by atoms with E-state index < -0.39 is 26.2 Å². The highest BCUT2D eigenvalue weighted by Gasteiger charge is 2.53. The maximum Gasteiger partial charge on any atom is 0.336 e. The molecular formula is C33H43NO4S. The summed E-state index contributed by atoms with van der Waals surface area (Å²) in [5.74, 6) is -0.451. The van der Waals surface area contributed by atoms with Crippen LogP contribution in [0.3, 0.4) is 0 Å². The second-order valence-electron chi connectivity index (χ2n) is 12.3. The number of benzene rings is 2. The molecule has 1 fully saturated rings. The van der Waals surface area contributed by atoms with E-state index in [2.05, 4.69) is 0 Å². The highest BCUT2D eigenvalue weighted by Crippen LogP contribution is 2.45. The third-order valence-electron chi connectivity index (χ3n) is 8.72. The molecule has 0 aromatic heterocycles. The van der Waals surface area contributed by atoms with E-state index in [1.165, 1.54) is 19.3 Å². The topological polar surface area (TPSA) is 74.7 Å². The first-order chi connectivity index (χ1) is 18.5. The average molecular weight is 550 g/mol. The summed E-state index contributed by atoms with van der Waals surface area (Å²) in [6.45, 7) is 8.65. The van der Waals surface area contributed by atoms with Crippen molar-refractivity contribution in [3.8, 4) is 11.1 Å². The molecule has 210 valence electrons. The van der Waals surface area contributed by atoms with Gasteiger partial charge in [0, 0.05) is 13.1 Å². The van der Waals surface area contributed by atoms with E-state index in [4.69, 9.17) is 0 Å². The van der Waals surface area contributed by atoms with Gasteiger partial charge in [0.1, 0.15) is 4.75 Å². The van der Waals surface area contributed by atoms with E-state index in [0.717, 1.165) is 36.0 Å². The maximum atomic E-state index is 14.7. The average Bonchev–Trinajstić information content (AvgIpc) is 2.91. The van der Waals surface area contributed by atoms with Crippen LogP contribution in [0.5, 0.6) is 0 Å². The summed E-state index contributed by atoms with van der Waals surface area (Å²) in [6, 6.07) is 13.0. The Labute approximate surface area is 234 Å². The monoisotopic (exact) mass is 549 g/mol. The summed E-state index contributed by atoms with van der Waals surface area (Å²) in [5.41, 5.74) is 2.94. The zero-order chi connectivity index (χ0) is 28.3. The largest absolute Gasteiger partial charge is 0.478 e. The van der Waals surface area contributed by atoms with E-state index in [1.54, 1.807) is 16.4 Å². The highest BCUT2D eigenvalue weighted by molar-refractivity contribution is 7.90. The van der Waals surface area contributed by atoms with Crippen molar-refractivity contribution in [1.29, 1.82) is 0 Å². The summed E-state index contributed by atoms with van der Waals surface area (Å²) in [7, 11) is -3.78. The SMILES string of the molecule is Cc1ccccc1-c1cc(CN(CCC2CCCCC2)S(=O)(=O)C2(C(C)(C)C)C=CC=CC2)ccc1C(=O)O. The van der Waals surface area contributed by atoms with Crippen molar-refractivity contribution in [3.05, 3.63) is 83.5 Å². The first kappa shape index (κ1) is 29.3. The Hall–Kier alpha value is -2.70. The van der Waals surface area contributed by atoms with Gasteiger partial charge in [0.25, 0.3) is 0 Å². The Morgan fingerprint density at radius 1 is 1.03 bits per heavy atom. The van der Waals surface area contributed by atoms with Crippen LogP contribution in [0.25, 0.3) is 11.1 Å². The Morgan fingerprint density at radius 3 is 2.36 bits per heavy atom. The van der Waals surface area contributed by atoms with Gasteiger partial charge in [-0.25, -0.2) is 13.2 Å². The number of hydrogen-bond donors (Lipinski definition) is 1. The van der Waals surface area contributed by atoms with Crippen molar-refractivity contribution in [2.45, 2.75) is 83.9 Å². The van der Waals surface area contributed by atoms with Crippen molar-refractivity contribution in [1.82, 2.24) is 4.31 Å². The number of carboxylic acids is 1. The molecule has 0 heterocycles. The molecule has 1 unspecified atom stereocenters. The molecule has 1 N–H and O–H groups in total. The third-order valence-corrected chi connectivity index (χ3v) is 11.6. The van der Waals surface area contributed by atoms with E-state index in [0.29, 0.717) is 24.4 Å². The van der Waals surface area contributed by atoms with E-state index in [9.17, 15) is 18.3 Å². The Balaban J connectivity index is 1.76. The number of allylic oxidation sites excluding steroid dienone is 3. The molecule has 2 aliphatic carbocycles. The molecule has 0 aliphatic heterocycles. The van der Waals surface area contributed by atoms with Gasteiger partial charge in [-0.2, -0.15) is 4.31 Å². The number of sulfonamides is 1. The number of aryl methyl sites for hydroxylation is 1. The molecule has 1 saturated carbocycles. The van der Waals surface area contributed by atoms with Crippen molar-refractivity contribution >= 4 is 16.0 Å². The lowest BCUT2D eigenvalue weighted by molar-refractivity contribution is 0.0697. The maximum absolute atomic E-state index is 14.7. The van der Waals surface area contributed by atoms with Gasteiger partial charge in [0.2, 0.25) is 10.0 Å². The van der Waals surface area contributed by atoms with Crippen molar-refractivity contribution in [3.63, 3.8) is 0 Å². The lowest BCUT2D eigenvalue weighted by Gasteiger charge is -2.45. The van der Waals surface area contributed by atoms with Crippen LogP contribution in [-0.4, -0.2) is 35.1 Å². The summed E-state index contributed by atoms with van der Waals surface area (Å²) in [5, 5.41) is 9.92. The van der Waals surface area contributed by atoms with Gasteiger partial charge >= 0.3 is 5.97 Å². The molecule has 5 nitrogen and oxygen atoms in total. The van der Waals surface area contributed by atoms with Crippen molar-refractivity contribution in [2.24, 2.45) is 11.3 Å². The van der Waals surface area contributed by atoms with Crippen LogP contribution >= 0.6 is 0 Å². The molecule has 6 heteroatoms. The molecule has 0 bridgehead atoms. The van der Waals surface area contributed by atoms with Crippen molar-refractivity contribution in [2.75, 3.05) is 6.54 Å². The number of carbonyl (C=O) groups is 1. The summed E-state index contributed by atoms with van der Waals surface area (Å²) in [6.07, 6.45) is 14.9. The van der Waals surface area contributed by atoms with Crippen LogP contribution in [0.1, 0.15) is 87.2 Å². The second-order valence-corrected chi connectivity index (χ2v) is 14.5. The van der Waals surface area contributed by atoms with Gasteiger partial charge in [0.15, 0.2) is 0 Å². The van der Waals surface area contributed by atoms with E-state index in [-0.39, 0.29) is 12.1 Å². The van der Waals surface area contributed by atoms with Gasteiger partial charge in [0.05, 0.1) is 5.56 Å². The molecule has 2 aromatic carbocycles. The molecule has 0 amide bonds. The predicted molar refractivity (Wildman–Crippen MR) is 159 cm³/mol. The zero-order valence-electron chi connectivity index (χ0n) is 23.8. The Bertz CT molecular complexity index is 1350. The van der Waals surface area contributed by atoms with Gasteiger partial charge in [-0.05, 0) is 65.5 Å². The molecular weight excluding hydrogens is 506 g/mol. The molecule has 39 heavy (non-hydrogen) atoms. The minimum atomic E-state index is -3.78. The quantitative estimate of drug-likeness (QED) is 0.347. The van der Waals surface area contributed by atoms with Crippen LogP contribution in [0.2, 0.25) is 0 Å². The van der Waals surface area contributed by atoms with Crippen LogP contribution in [0, 0.1) is 18.3 Å². The van der Waals surface area contributed by atoms with Gasteiger partial charge in [-0.15, -0.1) is 0 Å². The number of aromatic carboxylic acids is 1. The van der Waals surface area contributed by atoms with Crippen LogP contribution in [0.15, 0.2) is 66.8 Å². The highest BCUT2D eigenvalue weighted by atomic mass is 32.2. The minimum Gasteiger partial charge on any atom is -0.478 e. The molecule has 1 atom stereocenters. The molecule has 0 spiro atoms. The fourth-order valence-electron chi connectivity index (χ4n) is 6.23. The van der Waals surface area contributed by atoms with E-state index >= 15 is 0 Å². The first-order valence-electron chi connectivity index (χ1n) is 14.2. The van der Waals surface area contributed by atoms with Crippen LogP contribution in [-0.2, 0) is 16.6 Å². The Morgan fingerprint density at radius 2 is 1.74 bits per heavy atom. The van der Waals surface area contributed by atoms with Gasteiger partial charge < -0.3 is 5.11 Å². The number of carboxylic acid groups (broad SMARTS) is 1. The summed E-state index contributed by atoms with van der Waals surface area (Å²) < 4.78 is 30.0. The number of rotatable bonds is 9. The summed E-state index contributed by atoms with van der Waals surface area (Å²) in [4.78, 5) is 12.1. The van der Waals surface area contributed by atoms with E-state index in [1.807, 2.05) is 82.3 Å². The molecule has 4 rings (SSSR count). The fourth-order valence-corrected chi connectivity index (χ4v) is 8.69. The van der Waals surface area contributed by atoms with Gasteiger partial charge in [-0.1, -0.05) is 108 Å². The lowest BCUT2D eigenvalue weighted by atomic mass is 9.76. The molecule has 2 aliphatic rings. The Kier molecular flexibility index (Phi) is 8.87. The minimum absolute atomic E-state index is 0.212. The van der Waals surface area contributed by atoms with Crippen LogP contribution < -0.4 is 0 Å². The predicted octanol–water partition coefficient (Wildman–Crippen LogP) is 7.76. The molecule has 0 saturated heterocycles. The normalized spacial score (nSPS) is 20.4. The standard InChI is InChI=1S/C33H43NO4S/c1-25-13-9-10-16-28(25)30-23-27(17-18-29(30)31(35)36)24-34(22-19-26-14-7-5-8-15-26)39(37,38)33(32(2,3)4)20-11-6-12-21-33/h6,9-13,16-18,20,23,26H,5,7-8,14-15,19,21-22,24H2,1-4H3,(H,35,36). The first-order valence-corrected chi connectivity index (χ1v) is 15.7. The number of hydrogen-bond acceptors (Lipinski definition) is 3. The second kappa shape index (κ2) is 11.8. The van der Waals surface area contributed by atoms with Crippen LogP contribution in [0.4, 0.5) is 0 Å². The molecule has 0 radical (unpaired) electrons. The van der Waals surface area contributed by atoms with Gasteiger partial charge in [-0.3, -0.25) is 0 Å².